The number of carbonyl (C=O) groups is 2. The van der Waals surface area contributed by atoms with Crippen molar-refractivity contribution in [2.45, 2.75) is 26.3 Å². The Hall–Kier alpha value is -1.14. The van der Waals surface area contributed by atoms with Gasteiger partial charge in [0.2, 0.25) is 5.91 Å². The van der Waals surface area contributed by atoms with Crippen LogP contribution in [-0.4, -0.2) is 73.1 Å². The molecule has 106 valence electrons. The number of rotatable bonds is 9. The summed E-state index contributed by atoms with van der Waals surface area (Å²) in [6, 6.07) is -0.837. The van der Waals surface area contributed by atoms with E-state index >= 15 is 0 Å². The second kappa shape index (κ2) is 8.88. The predicted molar refractivity (Wildman–Crippen MR) is 70.5 cm³/mol. The van der Waals surface area contributed by atoms with Gasteiger partial charge in [0.05, 0.1) is 0 Å². The van der Waals surface area contributed by atoms with Crippen LogP contribution in [0.3, 0.4) is 0 Å². The van der Waals surface area contributed by atoms with Crippen LogP contribution in [0.25, 0.3) is 0 Å². The molecule has 6 heteroatoms. The lowest BCUT2D eigenvalue weighted by Crippen LogP contribution is -2.49. The smallest absolute Gasteiger partial charge is 0.327 e. The van der Waals surface area contributed by atoms with E-state index in [1.54, 1.807) is 0 Å². The van der Waals surface area contributed by atoms with Crippen molar-refractivity contribution in [2.24, 2.45) is 0 Å². The predicted octanol–water partition coefficient (Wildman–Crippen LogP) is -0.151. The molecule has 0 saturated carbocycles. The van der Waals surface area contributed by atoms with Crippen molar-refractivity contribution < 1.29 is 14.7 Å². The van der Waals surface area contributed by atoms with Gasteiger partial charge in [-0.05, 0) is 27.1 Å². The molecule has 1 unspecified atom stereocenters. The van der Waals surface area contributed by atoms with Crippen LogP contribution >= 0.6 is 0 Å². The minimum Gasteiger partial charge on any atom is -0.480 e. The van der Waals surface area contributed by atoms with Crippen LogP contribution in [0, 0.1) is 0 Å². The zero-order valence-electron chi connectivity index (χ0n) is 11.8. The molecule has 0 heterocycles. The second-order valence-corrected chi connectivity index (χ2v) is 4.70. The van der Waals surface area contributed by atoms with Crippen LogP contribution in [0.1, 0.15) is 20.3 Å². The minimum absolute atomic E-state index is 0.313. The van der Waals surface area contributed by atoms with E-state index in [1.807, 2.05) is 14.1 Å². The first kappa shape index (κ1) is 16.9. The maximum Gasteiger partial charge on any atom is 0.327 e. The fraction of sp³-hybridized carbons (Fsp3) is 0.833. The lowest BCUT2D eigenvalue weighted by atomic mass is 10.2. The maximum absolute atomic E-state index is 11.1. The maximum atomic E-state index is 11.1. The number of hydrogen-bond acceptors (Lipinski definition) is 4. The van der Waals surface area contributed by atoms with E-state index in [2.05, 4.69) is 22.0 Å². The molecule has 1 atom stereocenters. The third-order valence-electron chi connectivity index (χ3n) is 2.52. The van der Waals surface area contributed by atoms with E-state index in [1.165, 1.54) is 6.92 Å². The van der Waals surface area contributed by atoms with Crippen molar-refractivity contribution in [2.75, 3.05) is 40.3 Å². The van der Waals surface area contributed by atoms with Gasteiger partial charge in [-0.15, -0.1) is 0 Å². The number of hydrogen-bond donors (Lipinski definition) is 2. The Bertz CT molecular complexity index is 269. The molecule has 0 aliphatic rings. The summed E-state index contributed by atoms with van der Waals surface area (Å²) < 4.78 is 0. The van der Waals surface area contributed by atoms with E-state index in [0.29, 0.717) is 6.54 Å². The molecule has 0 bridgehead atoms. The van der Waals surface area contributed by atoms with E-state index in [9.17, 15) is 9.59 Å². The van der Waals surface area contributed by atoms with E-state index in [-0.39, 0.29) is 5.91 Å². The summed E-state index contributed by atoms with van der Waals surface area (Å²) >= 11 is 0. The van der Waals surface area contributed by atoms with Crippen molar-refractivity contribution in [3.63, 3.8) is 0 Å². The highest BCUT2D eigenvalue weighted by atomic mass is 16.4. The van der Waals surface area contributed by atoms with Crippen molar-refractivity contribution >= 4 is 11.9 Å². The summed E-state index contributed by atoms with van der Waals surface area (Å²) in [6.07, 6.45) is 0.958. The fourth-order valence-electron chi connectivity index (χ4n) is 1.64. The van der Waals surface area contributed by atoms with Crippen LogP contribution in [-0.2, 0) is 9.59 Å². The standard InChI is InChI=1S/C12H25N3O3/c1-5-6-15(8-7-14(3)4)9-11(12(17)18)13-10(2)16/h11H,5-9H2,1-4H3,(H,13,16)(H,17,18). The Labute approximate surface area is 109 Å². The average Bonchev–Trinajstić information content (AvgIpc) is 2.24. The Morgan fingerprint density at radius 3 is 2.22 bits per heavy atom. The molecule has 0 aromatic heterocycles. The highest BCUT2D eigenvalue weighted by Gasteiger charge is 2.21. The second-order valence-electron chi connectivity index (χ2n) is 4.70. The molecule has 0 aliphatic carbocycles. The number of carboxylic acids is 1. The third kappa shape index (κ3) is 8.03. The van der Waals surface area contributed by atoms with Gasteiger partial charge in [0.15, 0.2) is 0 Å². The normalized spacial score (nSPS) is 12.8. The van der Waals surface area contributed by atoms with E-state index in [0.717, 1.165) is 26.1 Å². The summed E-state index contributed by atoms with van der Waals surface area (Å²) in [6.45, 7) is 6.22. The fourth-order valence-corrected chi connectivity index (χ4v) is 1.64. The minimum atomic E-state index is -0.990. The van der Waals surface area contributed by atoms with Crippen molar-refractivity contribution in [1.82, 2.24) is 15.1 Å². The molecule has 0 aromatic carbocycles. The van der Waals surface area contributed by atoms with Gasteiger partial charge in [0, 0.05) is 26.6 Å². The molecule has 0 radical (unpaired) electrons. The van der Waals surface area contributed by atoms with Crippen LogP contribution < -0.4 is 5.32 Å². The van der Waals surface area contributed by atoms with Gasteiger partial charge in [0.25, 0.3) is 0 Å². The first-order valence-corrected chi connectivity index (χ1v) is 6.23. The molecule has 0 aromatic rings. The molecule has 1 amide bonds. The first-order chi connectivity index (χ1) is 8.36. The number of nitrogens with one attached hydrogen (secondary N) is 1. The Balaban J connectivity index is 4.39. The van der Waals surface area contributed by atoms with Gasteiger partial charge < -0.3 is 15.3 Å². The van der Waals surface area contributed by atoms with Gasteiger partial charge in [0.1, 0.15) is 6.04 Å². The molecule has 0 saturated heterocycles. The highest BCUT2D eigenvalue weighted by Crippen LogP contribution is 1.97. The SMILES string of the molecule is CCCN(CCN(C)C)CC(NC(C)=O)C(=O)O. The van der Waals surface area contributed by atoms with Crippen LogP contribution in [0.4, 0.5) is 0 Å². The summed E-state index contributed by atoms with van der Waals surface area (Å²) in [5, 5.41) is 11.5. The van der Waals surface area contributed by atoms with Crippen molar-refractivity contribution in [1.29, 1.82) is 0 Å². The number of likely N-dealkylation sites (N-methyl/N-ethyl adjacent to an activating group) is 1. The van der Waals surface area contributed by atoms with E-state index < -0.39 is 12.0 Å². The summed E-state index contributed by atoms with van der Waals surface area (Å²) in [5.41, 5.74) is 0. The van der Waals surface area contributed by atoms with Gasteiger partial charge >= 0.3 is 5.97 Å². The number of aliphatic carboxylic acids is 1. The number of amides is 1. The molecular weight excluding hydrogens is 234 g/mol. The molecule has 0 aliphatic heterocycles. The molecule has 0 fully saturated rings. The molecular formula is C12H25N3O3. The first-order valence-electron chi connectivity index (χ1n) is 6.23. The topological polar surface area (TPSA) is 72.9 Å². The lowest BCUT2D eigenvalue weighted by molar-refractivity contribution is -0.142. The third-order valence-corrected chi connectivity index (χ3v) is 2.52. The van der Waals surface area contributed by atoms with Crippen molar-refractivity contribution in [3.8, 4) is 0 Å². The molecule has 6 nitrogen and oxygen atoms in total. The largest absolute Gasteiger partial charge is 0.480 e. The molecule has 18 heavy (non-hydrogen) atoms. The molecule has 0 spiro atoms. The quantitative estimate of drug-likeness (QED) is 0.602. The van der Waals surface area contributed by atoms with Gasteiger partial charge in [-0.3, -0.25) is 9.69 Å². The highest BCUT2D eigenvalue weighted by molar-refractivity contribution is 5.82. The Kier molecular flexibility index (Phi) is 8.32. The van der Waals surface area contributed by atoms with Gasteiger partial charge in [-0.2, -0.15) is 0 Å². The zero-order valence-corrected chi connectivity index (χ0v) is 11.8. The number of carboxylic acid groups (broad SMARTS) is 1. The Morgan fingerprint density at radius 1 is 1.22 bits per heavy atom. The number of nitrogens with zero attached hydrogens (tertiary/aromatic N) is 2. The summed E-state index contributed by atoms with van der Waals surface area (Å²) in [5.74, 6) is -1.30. The van der Waals surface area contributed by atoms with Gasteiger partial charge in [-0.1, -0.05) is 6.92 Å². The summed E-state index contributed by atoms with van der Waals surface area (Å²) in [4.78, 5) is 26.1. The van der Waals surface area contributed by atoms with Crippen LogP contribution in [0.5, 0.6) is 0 Å². The van der Waals surface area contributed by atoms with Crippen LogP contribution in [0.15, 0.2) is 0 Å². The van der Waals surface area contributed by atoms with E-state index in [4.69, 9.17) is 5.11 Å². The Morgan fingerprint density at radius 2 is 1.83 bits per heavy atom. The molecule has 2 N–H and O–H groups in total. The summed E-state index contributed by atoms with van der Waals surface area (Å²) in [7, 11) is 3.96. The lowest BCUT2D eigenvalue weighted by Gasteiger charge is -2.26. The molecule has 0 rings (SSSR count). The van der Waals surface area contributed by atoms with Gasteiger partial charge in [-0.25, -0.2) is 4.79 Å². The number of carbonyl (C=O) groups excluding carboxylic acids is 1. The van der Waals surface area contributed by atoms with Crippen molar-refractivity contribution in [3.05, 3.63) is 0 Å². The monoisotopic (exact) mass is 259 g/mol. The van der Waals surface area contributed by atoms with Crippen LogP contribution in [0.2, 0.25) is 0 Å². The zero-order chi connectivity index (χ0) is 14.1. The average molecular weight is 259 g/mol.